The second-order valence-corrected chi connectivity index (χ2v) is 10.1. The molecule has 0 spiro atoms. The van der Waals surface area contributed by atoms with E-state index in [4.69, 9.17) is 23.2 Å². The molecule has 0 radical (unpaired) electrons. The molecule has 3 aromatic carbocycles. The molecule has 2 N–H and O–H groups in total. The van der Waals surface area contributed by atoms with Crippen LogP contribution in [0.15, 0.2) is 72.8 Å². The fraction of sp³-hybridized carbons (Fsp3) is 0.154. The minimum atomic E-state index is -0.871. The highest BCUT2D eigenvalue weighted by Gasteiger charge is 2.24. The first-order valence-corrected chi connectivity index (χ1v) is 12.6. The van der Waals surface area contributed by atoms with E-state index in [0.717, 1.165) is 16.8 Å². The van der Waals surface area contributed by atoms with Crippen molar-refractivity contribution in [3.63, 3.8) is 0 Å². The van der Waals surface area contributed by atoms with Crippen LogP contribution in [-0.2, 0) is 11.2 Å². The summed E-state index contributed by atoms with van der Waals surface area (Å²) in [4.78, 5) is 28.2. The average molecular weight is 540 g/mol. The predicted molar refractivity (Wildman–Crippen MR) is 146 cm³/mol. The third kappa shape index (κ3) is 6.60. The summed E-state index contributed by atoms with van der Waals surface area (Å²) >= 11 is 13.4. The van der Waals surface area contributed by atoms with Gasteiger partial charge in [0.15, 0.2) is 0 Å². The molecule has 2 amide bonds. The zero-order chi connectivity index (χ0) is 25.7. The van der Waals surface area contributed by atoms with Gasteiger partial charge in [0.25, 0.3) is 5.91 Å². The molecule has 10 heteroatoms. The standard InChI is InChI=1S/C26H23Cl2N5O2S/c1-33(2)21-10-8-17(9-11-21)25-31-32-26(36-25)30-24(35)22(12-16-6-4-3-5-7-16)29-23(34)18-13-19(27)15-20(28)14-18/h3-11,13-15,22H,12H2,1-2H3,(H,29,34)(H,30,32,35). The number of halogens is 2. The topological polar surface area (TPSA) is 87.2 Å². The van der Waals surface area contributed by atoms with Crippen LogP contribution in [-0.4, -0.2) is 42.1 Å². The van der Waals surface area contributed by atoms with Crippen molar-refractivity contribution >= 4 is 57.2 Å². The maximum atomic E-state index is 13.2. The van der Waals surface area contributed by atoms with E-state index in [1.807, 2.05) is 73.6 Å². The van der Waals surface area contributed by atoms with Gasteiger partial charge in [0.05, 0.1) is 0 Å². The lowest BCUT2D eigenvalue weighted by Gasteiger charge is -2.18. The van der Waals surface area contributed by atoms with Gasteiger partial charge < -0.3 is 10.2 Å². The van der Waals surface area contributed by atoms with E-state index >= 15 is 0 Å². The normalized spacial score (nSPS) is 11.6. The van der Waals surface area contributed by atoms with Gasteiger partial charge in [-0.3, -0.25) is 14.9 Å². The predicted octanol–water partition coefficient (Wildman–Crippen LogP) is 5.56. The summed E-state index contributed by atoms with van der Waals surface area (Å²) in [5.74, 6) is -0.875. The molecule has 36 heavy (non-hydrogen) atoms. The average Bonchev–Trinajstić information content (AvgIpc) is 3.32. The first kappa shape index (κ1) is 25.6. The zero-order valence-corrected chi connectivity index (χ0v) is 21.9. The Bertz CT molecular complexity index is 1340. The largest absolute Gasteiger partial charge is 0.378 e. The molecular formula is C26H23Cl2N5O2S. The molecule has 184 valence electrons. The molecule has 0 aliphatic carbocycles. The Morgan fingerprint density at radius 3 is 2.25 bits per heavy atom. The summed E-state index contributed by atoms with van der Waals surface area (Å²) in [5, 5.41) is 15.6. The Hall–Kier alpha value is -3.46. The molecule has 1 atom stereocenters. The lowest BCUT2D eigenvalue weighted by molar-refractivity contribution is -0.118. The number of rotatable bonds is 8. The van der Waals surface area contributed by atoms with Crippen LogP contribution in [0.1, 0.15) is 15.9 Å². The quantitative estimate of drug-likeness (QED) is 0.306. The van der Waals surface area contributed by atoms with E-state index in [0.29, 0.717) is 20.2 Å². The highest BCUT2D eigenvalue weighted by Crippen LogP contribution is 2.28. The van der Waals surface area contributed by atoms with Crippen molar-refractivity contribution in [3.8, 4) is 10.6 Å². The molecular weight excluding hydrogens is 517 g/mol. The van der Waals surface area contributed by atoms with Gasteiger partial charge in [-0.2, -0.15) is 0 Å². The fourth-order valence-electron chi connectivity index (χ4n) is 3.47. The van der Waals surface area contributed by atoms with E-state index in [1.165, 1.54) is 29.5 Å². The summed E-state index contributed by atoms with van der Waals surface area (Å²) < 4.78 is 0. The van der Waals surface area contributed by atoms with E-state index < -0.39 is 17.9 Å². The van der Waals surface area contributed by atoms with Crippen molar-refractivity contribution in [2.75, 3.05) is 24.3 Å². The van der Waals surface area contributed by atoms with Gasteiger partial charge in [-0.05, 0) is 48.0 Å². The fourth-order valence-corrected chi connectivity index (χ4v) is 4.75. The van der Waals surface area contributed by atoms with Gasteiger partial charge in [-0.25, -0.2) is 0 Å². The molecule has 4 rings (SSSR count). The van der Waals surface area contributed by atoms with Crippen LogP contribution < -0.4 is 15.5 Å². The number of aromatic nitrogens is 2. The summed E-state index contributed by atoms with van der Waals surface area (Å²) in [6.45, 7) is 0. The minimum Gasteiger partial charge on any atom is -0.378 e. The zero-order valence-electron chi connectivity index (χ0n) is 19.5. The molecule has 0 fully saturated rings. The van der Waals surface area contributed by atoms with Gasteiger partial charge in [0.2, 0.25) is 11.0 Å². The summed E-state index contributed by atoms with van der Waals surface area (Å²) in [6, 6.07) is 21.0. The molecule has 0 aliphatic heterocycles. The number of nitrogens with zero attached hydrogens (tertiary/aromatic N) is 3. The van der Waals surface area contributed by atoms with Crippen LogP contribution in [0.25, 0.3) is 10.6 Å². The van der Waals surface area contributed by atoms with Crippen molar-refractivity contribution in [2.45, 2.75) is 12.5 Å². The highest BCUT2D eigenvalue weighted by atomic mass is 35.5. The summed E-state index contributed by atoms with van der Waals surface area (Å²) in [7, 11) is 3.94. The molecule has 4 aromatic rings. The SMILES string of the molecule is CN(C)c1ccc(-c2nnc(NC(=O)C(Cc3ccccc3)NC(=O)c3cc(Cl)cc(Cl)c3)s2)cc1. The van der Waals surface area contributed by atoms with Crippen LogP contribution in [0.5, 0.6) is 0 Å². The van der Waals surface area contributed by atoms with Crippen LogP contribution >= 0.6 is 34.5 Å². The Morgan fingerprint density at radius 2 is 1.61 bits per heavy atom. The van der Waals surface area contributed by atoms with Crippen molar-refractivity contribution in [3.05, 3.63) is 94.0 Å². The second-order valence-electron chi connectivity index (χ2n) is 8.22. The molecule has 0 bridgehead atoms. The Morgan fingerprint density at radius 1 is 0.944 bits per heavy atom. The number of carbonyl (C=O) groups excluding carboxylic acids is 2. The number of hydrogen-bond donors (Lipinski definition) is 2. The summed E-state index contributed by atoms with van der Waals surface area (Å²) in [5.41, 5.74) is 3.11. The monoisotopic (exact) mass is 539 g/mol. The lowest BCUT2D eigenvalue weighted by atomic mass is 10.0. The van der Waals surface area contributed by atoms with Crippen LogP contribution in [0.4, 0.5) is 10.8 Å². The second kappa shape index (κ2) is 11.5. The molecule has 1 heterocycles. The van der Waals surface area contributed by atoms with Crippen molar-refractivity contribution in [1.82, 2.24) is 15.5 Å². The van der Waals surface area contributed by atoms with E-state index in [2.05, 4.69) is 20.8 Å². The van der Waals surface area contributed by atoms with Crippen molar-refractivity contribution in [2.24, 2.45) is 0 Å². The number of anilines is 2. The number of nitrogens with one attached hydrogen (secondary N) is 2. The van der Waals surface area contributed by atoms with Gasteiger partial charge in [0.1, 0.15) is 11.0 Å². The highest BCUT2D eigenvalue weighted by molar-refractivity contribution is 7.18. The number of benzene rings is 3. The van der Waals surface area contributed by atoms with Crippen molar-refractivity contribution < 1.29 is 9.59 Å². The van der Waals surface area contributed by atoms with Crippen LogP contribution in [0, 0.1) is 0 Å². The van der Waals surface area contributed by atoms with Gasteiger partial charge >= 0.3 is 0 Å². The smallest absolute Gasteiger partial charge is 0.252 e. The minimum absolute atomic E-state index is 0.262. The Kier molecular flexibility index (Phi) is 8.20. The van der Waals surface area contributed by atoms with E-state index in [-0.39, 0.29) is 12.0 Å². The molecule has 0 aliphatic rings. The maximum Gasteiger partial charge on any atom is 0.252 e. The van der Waals surface area contributed by atoms with Crippen LogP contribution in [0.3, 0.4) is 0 Å². The van der Waals surface area contributed by atoms with Gasteiger partial charge in [-0.15, -0.1) is 10.2 Å². The number of amides is 2. The molecule has 0 saturated heterocycles. The van der Waals surface area contributed by atoms with E-state index in [1.54, 1.807) is 0 Å². The molecule has 1 aromatic heterocycles. The number of hydrogen-bond acceptors (Lipinski definition) is 6. The van der Waals surface area contributed by atoms with E-state index in [9.17, 15) is 9.59 Å². The maximum absolute atomic E-state index is 13.2. The third-order valence-electron chi connectivity index (χ3n) is 5.31. The van der Waals surface area contributed by atoms with Crippen molar-refractivity contribution in [1.29, 1.82) is 0 Å². The molecule has 1 unspecified atom stereocenters. The first-order valence-electron chi connectivity index (χ1n) is 11.0. The molecule has 7 nitrogen and oxygen atoms in total. The Balaban J connectivity index is 1.51. The first-order chi connectivity index (χ1) is 17.3. The lowest BCUT2D eigenvalue weighted by Crippen LogP contribution is -2.45. The Labute approximate surface area is 223 Å². The van der Waals surface area contributed by atoms with Gasteiger partial charge in [0, 0.05) is 47.4 Å². The molecule has 0 saturated carbocycles. The summed E-state index contributed by atoms with van der Waals surface area (Å²) in [6.07, 6.45) is 0.282. The number of carbonyl (C=O) groups is 2. The van der Waals surface area contributed by atoms with Gasteiger partial charge in [-0.1, -0.05) is 64.9 Å². The van der Waals surface area contributed by atoms with Crippen LogP contribution in [0.2, 0.25) is 10.0 Å². The third-order valence-corrected chi connectivity index (χ3v) is 6.64.